The van der Waals surface area contributed by atoms with Crippen molar-refractivity contribution in [1.29, 1.82) is 0 Å². The summed E-state index contributed by atoms with van der Waals surface area (Å²) in [6, 6.07) is 7.52. The first-order valence-corrected chi connectivity index (χ1v) is 6.12. The van der Waals surface area contributed by atoms with Crippen LogP contribution in [0.5, 0.6) is 5.75 Å². The average Bonchev–Trinajstić information content (AvgIpc) is 2.37. The van der Waals surface area contributed by atoms with Crippen molar-refractivity contribution in [2.45, 2.75) is 0 Å². The van der Waals surface area contributed by atoms with Crippen molar-refractivity contribution >= 4 is 40.3 Å². The number of nitrogens with two attached hydrogens (primary N) is 1. The second-order valence-electron chi connectivity index (χ2n) is 3.82. The summed E-state index contributed by atoms with van der Waals surface area (Å²) >= 11 is 11.9. The molecule has 0 aliphatic rings. The molecular formula is C13H11Cl2FN2O. The van der Waals surface area contributed by atoms with Crippen molar-refractivity contribution in [3.8, 4) is 5.75 Å². The standard InChI is InChI=1S/C13H11Cl2FN2O/c1-19-13-6-12(9(16)5-10(13)17)18-11-4-7(14)2-3-8(11)15/h2-6,18H,17H2,1H3. The number of methoxy groups -OCH3 is 1. The summed E-state index contributed by atoms with van der Waals surface area (Å²) in [7, 11) is 1.46. The molecule has 0 unspecified atom stereocenters. The summed E-state index contributed by atoms with van der Waals surface area (Å²) in [5, 5.41) is 3.78. The van der Waals surface area contributed by atoms with Crippen LogP contribution in [-0.2, 0) is 0 Å². The van der Waals surface area contributed by atoms with Crippen molar-refractivity contribution in [1.82, 2.24) is 0 Å². The van der Waals surface area contributed by atoms with Gasteiger partial charge in [-0.3, -0.25) is 0 Å². The number of hydrogen-bond donors (Lipinski definition) is 2. The van der Waals surface area contributed by atoms with Crippen LogP contribution in [0.2, 0.25) is 10.0 Å². The van der Waals surface area contributed by atoms with E-state index in [4.69, 9.17) is 33.7 Å². The Labute approximate surface area is 120 Å². The van der Waals surface area contributed by atoms with Crippen LogP contribution in [0, 0.1) is 5.82 Å². The van der Waals surface area contributed by atoms with Gasteiger partial charge in [0.2, 0.25) is 0 Å². The maximum absolute atomic E-state index is 13.8. The zero-order valence-electron chi connectivity index (χ0n) is 10.0. The number of ether oxygens (including phenoxy) is 1. The summed E-state index contributed by atoms with van der Waals surface area (Å²) in [4.78, 5) is 0. The highest BCUT2D eigenvalue weighted by Gasteiger charge is 2.10. The van der Waals surface area contributed by atoms with Crippen LogP contribution in [0.1, 0.15) is 0 Å². The molecule has 0 saturated heterocycles. The van der Waals surface area contributed by atoms with Gasteiger partial charge in [0.25, 0.3) is 0 Å². The molecule has 0 aliphatic carbocycles. The Bertz CT molecular complexity index is 620. The molecule has 2 aromatic rings. The zero-order valence-corrected chi connectivity index (χ0v) is 11.5. The van der Waals surface area contributed by atoms with Gasteiger partial charge >= 0.3 is 0 Å². The van der Waals surface area contributed by atoms with Gasteiger partial charge in [-0.2, -0.15) is 0 Å². The minimum Gasteiger partial charge on any atom is -0.495 e. The van der Waals surface area contributed by atoms with Crippen LogP contribution < -0.4 is 15.8 Å². The summed E-state index contributed by atoms with van der Waals surface area (Å²) in [5.74, 6) is -0.128. The van der Waals surface area contributed by atoms with Crippen molar-refractivity contribution in [2.24, 2.45) is 0 Å². The molecular weight excluding hydrogens is 290 g/mol. The lowest BCUT2D eigenvalue weighted by Crippen LogP contribution is -1.99. The first-order chi connectivity index (χ1) is 9.01. The van der Waals surface area contributed by atoms with Crippen LogP contribution in [-0.4, -0.2) is 7.11 Å². The Hall–Kier alpha value is -1.65. The molecule has 19 heavy (non-hydrogen) atoms. The van der Waals surface area contributed by atoms with Gasteiger partial charge in [0.1, 0.15) is 11.6 Å². The van der Waals surface area contributed by atoms with Gasteiger partial charge < -0.3 is 15.8 Å². The fourth-order valence-electron chi connectivity index (χ4n) is 1.58. The van der Waals surface area contributed by atoms with E-state index in [0.29, 0.717) is 21.5 Å². The van der Waals surface area contributed by atoms with Crippen LogP contribution in [0.25, 0.3) is 0 Å². The number of anilines is 3. The van der Waals surface area contributed by atoms with E-state index in [9.17, 15) is 4.39 Å². The van der Waals surface area contributed by atoms with Crippen molar-refractivity contribution < 1.29 is 9.13 Å². The minimum atomic E-state index is -0.505. The monoisotopic (exact) mass is 300 g/mol. The van der Waals surface area contributed by atoms with E-state index in [0.717, 1.165) is 0 Å². The number of nitrogen functional groups attached to an aromatic ring is 1. The van der Waals surface area contributed by atoms with E-state index < -0.39 is 5.82 Å². The molecule has 0 bridgehead atoms. The second kappa shape index (κ2) is 5.55. The normalized spacial score (nSPS) is 10.3. The molecule has 3 N–H and O–H groups in total. The topological polar surface area (TPSA) is 47.3 Å². The maximum atomic E-state index is 13.8. The van der Waals surface area contributed by atoms with Gasteiger partial charge in [-0.25, -0.2) is 4.39 Å². The Morgan fingerprint density at radius 1 is 1.16 bits per heavy atom. The fraction of sp³-hybridized carbons (Fsp3) is 0.0769. The summed E-state index contributed by atoms with van der Waals surface area (Å²) < 4.78 is 18.9. The van der Waals surface area contributed by atoms with E-state index in [1.165, 1.54) is 19.2 Å². The number of nitrogens with one attached hydrogen (secondary N) is 1. The maximum Gasteiger partial charge on any atom is 0.148 e. The molecule has 2 rings (SSSR count). The molecule has 0 aliphatic heterocycles. The fourth-order valence-corrected chi connectivity index (χ4v) is 1.92. The lowest BCUT2D eigenvalue weighted by molar-refractivity contribution is 0.416. The Morgan fingerprint density at radius 2 is 1.89 bits per heavy atom. The molecule has 0 fully saturated rings. The second-order valence-corrected chi connectivity index (χ2v) is 4.67. The van der Waals surface area contributed by atoms with Crippen LogP contribution in [0.4, 0.5) is 21.5 Å². The molecule has 0 spiro atoms. The van der Waals surface area contributed by atoms with Gasteiger partial charge in [0.05, 0.1) is 29.2 Å². The zero-order chi connectivity index (χ0) is 14.0. The van der Waals surface area contributed by atoms with Crippen LogP contribution >= 0.6 is 23.2 Å². The van der Waals surface area contributed by atoms with Gasteiger partial charge in [0.15, 0.2) is 0 Å². The average molecular weight is 301 g/mol. The minimum absolute atomic E-state index is 0.204. The largest absolute Gasteiger partial charge is 0.495 e. The third-order valence-corrected chi connectivity index (χ3v) is 3.08. The Balaban J connectivity index is 2.40. The molecule has 3 nitrogen and oxygen atoms in total. The highest BCUT2D eigenvalue weighted by atomic mass is 35.5. The van der Waals surface area contributed by atoms with Crippen molar-refractivity contribution in [2.75, 3.05) is 18.2 Å². The number of benzene rings is 2. The van der Waals surface area contributed by atoms with E-state index in [-0.39, 0.29) is 11.4 Å². The summed E-state index contributed by atoms with van der Waals surface area (Å²) in [6.07, 6.45) is 0. The van der Waals surface area contributed by atoms with Crippen molar-refractivity contribution in [3.05, 3.63) is 46.2 Å². The predicted octanol–water partition coefficient (Wildman–Crippen LogP) is 4.47. The van der Waals surface area contributed by atoms with Gasteiger partial charge in [-0.15, -0.1) is 0 Å². The third kappa shape index (κ3) is 3.03. The first-order valence-electron chi connectivity index (χ1n) is 5.36. The molecule has 0 aromatic heterocycles. The molecule has 0 radical (unpaired) electrons. The molecule has 100 valence electrons. The molecule has 0 heterocycles. The van der Waals surface area contributed by atoms with Crippen molar-refractivity contribution in [3.63, 3.8) is 0 Å². The Morgan fingerprint density at radius 3 is 2.58 bits per heavy atom. The van der Waals surface area contributed by atoms with E-state index in [1.807, 2.05) is 0 Å². The van der Waals surface area contributed by atoms with E-state index in [2.05, 4.69) is 5.32 Å². The van der Waals surface area contributed by atoms with E-state index >= 15 is 0 Å². The lowest BCUT2D eigenvalue weighted by Gasteiger charge is -2.12. The van der Waals surface area contributed by atoms with Gasteiger partial charge in [-0.1, -0.05) is 23.2 Å². The summed E-state index contributed by atoms with van der Waals surface area (Å²) in [6.45, 7) is 0. The molecule has 6 heteroatoms. The molecule has 2 aromatic carbocycles. The van der Waals surface area contributed by atoms with E-state index in [1.54, 1.807) is 18.2 Å². The predicted molar refractivity (Wildman–Crippen MR) is 77.1 cm³/mol. The van der Waals surface area contributed by atoms with Gasteiger partial charge in [0, 0.05) is 17.2 Å². The number of hydrogen-bond acceptors (Lipinski definition) is 3. The molecule has 0 saturated carbocycles. The van der Waals surface area contributed by atoms with Gasteiger partial charge in [-0.05, 0) is 18.2 Å². The molecule has 0 atom stereocenters. The number of rotatable bonds is 3. The highest BCUT2D eigenvalue weighted by molar-refractivity contribution is 6.35. The Kier molecular flexibility index (Phi) is 4.02. The lowest BCUT2D eigenvalue weighted by atomic mass is 10.2. The van der Waals surface area contributed by atoms with Crippen LogP contribution in [0.3, 0.4) is 0 Å². The SMILES string of the molecule is COc1cc(Nc2cc(Cl)ccc2Cl)c(F)cc1N. The molecule has 0 amide bonds. The summed E-state index contributed by atoms with van der Waals surface area (Å²) in [5.41, 5.74) is 6.54. The highest BCUT2D eigenvalue weighted by Crippen LogP contribution is 2.33. The third-order valence-electron chi connectivity index (χ3n) is 2.52. The quantitative estimate of drug-likeness (QED) is 0.822. The van der Waals surface area contributed by atoms with Crippen LogP contribution in [0.15, 0.2) is 30.3 Å². The first kappa shape index (κ1) is 13.8. The smallest absolute Gasteiger partial charge is 0.148 e. The number of halogens is 3.